The van der Waals surface area contributed by atoms with Crippen molar-refractivity contribution in [3.05, 3.63) is 36.0 Å². The molecule has 0 atom stereocenters. The Balaban J connectivity index is 2.82. The summed E-state index contributed by atoms with van der Waals surface area (Å²) < 4.78 is 15.1. The van der Waals surface area contributed by atoms with Crippen molar-refractivity contribution in [1.82, 2.24) is 14.6 Å². The van der Waals surface area contributed by atoms with Gasteiger partial charge in [-0.3, -0.25) is 4.40 Å². The minimum atomic E-state index is -0.369. The summed E-state index contributed by atoms with van der Waals surface area (Å²) in [5.41, 5.74) is 1.84. The molecule has 72 valence electrons. The molecule has 3 nitrogen and oxygen atoms in total. The van der Waals surface area contributed by atoms with Crippen molar-refractivity contribution in [3.8, 4) is 0 Å². The average molecular weight is 191 g/mol. The van der Waals surface area contributed by atoms with Gasteiger partial charge >= 0.3 is 0 Å². The number of aryl methyl sites for hydroxylation is 1. The standard InChI is InChI=1S/C10H10FN3/c1-6(2)8-4-9(11)10-13-12-7(3)14(10)5-8/h4-5H,1H2,2-3H3. The van der Waals surface area contributed by atoms with E-state index in [1.54, 1.807) is 17.5 Å². The van der Waals surface area contributed by atoms with E-state index in [1.165, 1.54) is 6.07 Å². The van der Waals surface area contributed by atoms with Gasteiger partial charge in [0.2, 0.25) is 0 Å². The molecule has 0 bridgehead atoms. The molecular weight excluding hydrogens is 181 g/mol. The van der Waals surface area contributed by atoms with Gasteiger partial charge < -0.3 is 0 Å². The Hall–Kier alpha value is -1.71. The lowest BCUT2D eigenvalue weighted by Gasteiger charge is -2.02. The molecule has 0 radical (unpaired) electrons. The first kappa shape index (κ1) is 8.87. The van der Waals surface area contributed by atoms with Crippen molar-refractivity contribution in [2.45, 2.75) is 13.8 Å². The highest BCUT2D eigenvalue weighted by Gasteiger charge is 2.08. The highest BCUT2D eigenvalue weighted by atomic mass is 19.1. The van der Waals surface area contributed by atoms with Crippen molar-refractivity contribution in [2.75, 3.05) is 0 Å². The van der Waals surface area contributed by atoms with Crippen LogP contribution in [0.25, 0.3) is 11.2 Å². The van der Waals surface area contributed by atoms with Gasteiger partial charge in [-0.15, -0.1) is 10.2 Å². The smallest absolute Gasteiger partial charge is 0.196 e. The van der Waals surface area contributed by atoms with Gasteiger partial charge in [0.1, 0.15) is 5.82 Å². The summed E-state index contributed by atoms with van der Waals surface area (Å²) in [6, 6.07) is 1.42. The molecule has 0 aromatic carbocycles. The first-order chi connectivity index (χ1) is 6.59. The van der Waals surface area contributed by atoms with E-state index in [9.17, 15) is 4.39 Å². The number of nitrogens with zero attached hydrogens (tertiary/aromatic N) is 3. The Morgan fingerprint density at radius 3 is 2.86 bits per heavy atom. The molecule has 0 saturated carbocycles. The monoisotopic (exact) mass is 191 g/mol. The van der Waals surface area contributed by atoms with E-state index in [2.05, 4.69) is 16.8 Å². The van der Waals surface area contributed by atoms with Gasteiger partial charge in [0.05, 0.1) is 0 Å². The highest BCUT2D eigenvalue weighted by Crippen LogP contribution is 2.16. The Bertz CT molecular complexity index is 513. The molecule has 14 heavy (non-hydrogen) atoms. The molecule has 4 heteroatoms. The number of allylic oxidation sites excluding steroid dienone is 1. The molecule has 0 spiro atoms. The van der Waals surface area contributed by atoms with Crippen LogP contribution in [-0.2, 0) is 0 Å². The third kappa shape index (κ3) is 1.19. The first-order valence-electron chi connectivity index (χ1n) is 4.26. The van der Waals surface area contributed by atoms with Crippen molar-refractivity contribution in [3.63, 3.8) is 0 Å². The van der Waals surface area contributed by atoms with Crippen LogP contribution in [0.15, 0.2) is 18.8 Å². The number of aromatic nitrogens is 3. The van der Waals surface area contributed by atoms with E-state index in [0.717, 1.165) is 11.1 Å². The summed E-state index contributed by atoms with van der Waals surface area (Å²) in [6.07, 6.45) is 1.79. The van der Waals surface area contributed by atoms with Crippen LogP contribution < -0.4 is 0 Å². The van der Waals surface area contributed by atoms with E-state index in [4.69, 9.17) is 0 Å². The van der Waals surface area contributed by atoms with Gasteiger partial charge in [-0.25, -0.2) is 4.39 Å². The molecular formula is C10H10FN3. The molecule has 0 unspecified atom stereocenters. The van der Waals surface area contributed by atoms with Crippen LogP contribution in [0.5, 0.6) is 0 Å². The van der Waals surface area contributed by atoms with Gasteiger partial charge in [0.15, 0.2) is 11.5 Å². The number of pyridine rings is 1. The number of hydrogen-bond donors (Lipinski definition) is 0. The summed E-state index contributed by atoms with van der Waals surface area (Å²) in [5, 5.41) is 7.53. The maximum Gasteiger partial charge on any atom is 0.196 e. The second-order valence-corrected chi connectivity index (χ2v) is 3.30. The molecule has 2 heterocycles. The van der Waals surface area contributed by atoms with Crippen molar-refractivity contribution < 1.29 is 4.39 Å². The zero-order valence-electron chi connectivity index (χ0n) is 8.08. The van der Waals surface area contributed by atoms with E-state index in [1.807, 2.05) is 6.92 Å². The highest BCUT2D eigenvalue weighted by molar-refractivity contribution is 5.62. The lowest BCUT2D eigenvalue weighted by atomic mass is 10.1. The molecule has 0 N–H and O–H groups in total. The van der Waals surface area contributed by atoms with Crippen LogP contribution in [-0.4, -0.2) is 14.6 Å². The molecule has 2 aromatic rings. The molecule has 2 rings (SSSR count). The fourth-order valence-electron chi connectivity index (χ4n) is 1.30. The van der Waals surface area contributed by atoms with E-state index >= 15 is 0 Å². The second-order valence-electron chi connectivity index (χ2n) is 3.30. The minimum Gasteiger partial charge on any atom is -0.284 e. The quantitative estimate of drug-likeness (QED) is 0.691. The summed E-state index contributed by atoms with van der Waals surface area (Å²) >= 11 is 0. The van der Waals surface area contributed by atoms with Crippen LogP contribution >= 0.6 is 0 Å². The van der Waals surface area contributed by atoms with Crippen LogP contribution in [0, 0.1) is 12.7 Å². The second kappa shape index (κ2) is 2.90. The Kier molecular flexibility index (Phi) is 1.84. The zero-order valence-corrected chi connectivity index (χ0v) is 8.08. The maximum absolute atomic E-state index is 13.5. The summed E-state index contributed by atoms with van der Waals surface area (Å²) in [4.78, 5) is 0. The van der Waals surface area contributed by atoms with Gasteiger partial charge in [0.25, 0.3) is 0 Å². The predicted octanol–water partition coefficient (Wildman–Crippen LogP) is 2.21. The van der Waals surface area contributed by atoms with E-state index < -0.39 is 0 Å². The van der Waals surface area contributed by atoms with Crippen LogP contribution in [0.2, 0.25) is 0 Å². The van der Waals surface area contributed by atoms with Gasteiger partial charge in [-0.05, 0) is 31.1 Å². The van der Waals surface area contributed by atoms with Crippen molar-refractivity contribution >= 4 is 11.2 Å². The fraction of sp³-hybridized carbons (Fsp3) is 0.200. The van der Waals surface area contributed by atoms with Crippen LogP contribution in [0.1, 0.15) is 18.3 Å². The third-order valence-electron chi connectivity index (χ3n) is 2.12. The number of hydrogen-bond acceptors (Lipinski definition) is 2. The van der Waals surface area contributed by atoms with Gasteiger partial charge in [0, 0.05) is 6.20 Å². The Morgan fingerprint density at radius 2 is 2.21 bits per heavy atom. The molecule has 0 aliphatic rings. The van der Waals surface area contributed by atoms with Crippen molar-refractivity contribution in [1.29, 1.82) is 0 Å². The molecule has 0 aliphatic carbocycles. The summed E-state index contributed by atoms with van der Waals surface area (Å²) in [5.74, 6) is 0.299. The van der Waals surface area contributed by atoms with Crippen molar-refractivity contribution in [2.24, 2.45) is 0 Å². The molecule has 2 aromatic heterocycles. The first-order valence-corrected chi connectivity index (χ1v) is 4.26. The maximum atomic E-state index is 13.5. The average Bonchev–Trinajstić information content (AvgIpc) is 2.48. The van der Waals surface area contributed by atoms with E-state index in [-0.39, 0.29) is 11.5 Å². The van der Waals surface area contributed by atoms with Crippen LogP contribution in [0.4, 0.5) is 4.39 Å². The molecule has 0 amide bonds. The predicted molar refractivity (Wildman–Crippen MR) is 52.4 cm³/mol. The largest absolute Gasteiger partial charge is 0.284 e. The zero-order chi connectivity index (χ0) is 10.3. The van der Waals surface area contributed by atoms with E-state index in [0.29, 0.717) is 5.82 Å². The fourth-order valence-corrected chi connectivity index (χ4v) is 1.30. The summed E-state index contributed by atoms with van der Waals surface area (Å²) in [6.45, 7) is 7.38. The Morgan fingerprint density at radius 1 is 1.50 bits per heavy atom. The van der Waals surface area contributed by atoms with Crippen LogP contribution in [0.3, 0.4) is 0 Å². The topological polar surface area (TPSA) is 30.2 Å². The SMILES string of the molecule is C=C(C)c1cc(F)c2nnc(C)n2c1. The number of halogens is 1. The number of rotatable bonds is 1. The van der Waals surface area contributed by atoms with Gasteiger partial charge in [-0.2, -0.15) is 0 Å². The molecule has 0 aliphatic heterocycles. The lowest BCUT2D eigenvalue weighted by Crippen LogP contribution is -1.94. The molecule has 0 fully saturated rings. The summed E-state index contributed by atoms with van der Waals surface area (Å²) in [7, 11) is 0. The lowest BCUT2D eigenvalue weighted by molar-refractivity contribution is 0.628. The number of fused-ring (bicyclic) bond motifs is 1. The normalized spacial score (nSPS) is 10.8. The minimum absolute atomic E-state index is 0.257. The third-order valence-corrected chi connectivity index (χ3v) is 2.12. The van der Waals surface area contributed by atoms with Gasteiger partial charge in [-0.1, -0.05) is 6.58 Å². The molecule has 0 saturated heterocycles. The Labute approximate surface area is 80.9 Å².